The first-order valence-electron chi connectivity index (χ1n) is 5.09. The van der Waals surface area contributed by atoms with E-state index >= 15 is 0 Å². The van der Waals surface area contributed by atoms with Crippen molar-refractivity contribution in [2.24, 2.45) is 0 Å². The van der Waals surface area contributed by atoms with Crippen LogP contribution in [0, 0.1) is 0 Å². The van der Waals surface area contributed by atoms with Crippen molar-refractivity contribution in [2.45, 2.75) is 26.4 Å². The predicted octanol–water partition coefficient (Wildman–Crippen LogP) is 1.03. The first kappa shape index (κ1) is 11.2. The van der Waals surface area contributed by atoms with Gasteiger partial charge in [-0.25, -0.2) is 4.98 Å². The lowest BCUT2D eigenvalue weighted by molar-refractivity contribution is 0.141. The van der Waals surface area contributed by atoms with Gasteiger partial charge in [-0.15, -0.1) is 0 Å². The van der Waals surface area contributed by atoms with E-state index in [1.54, 1.807) is 0 Å². The average Bonchev–Trinajstić information content (AvgIpc) is 2.61. The second-order valence-electron chi connectivity index (χ2n) is 3.16. The van der Waals surface area contributed by atoms with E-state index in [1.807, 2.05) is 26.5 Å². The number of ether oxygens (including phenoxy) is 1. The zero-order chi connectivity index (χ0) is 10.2. The number of nitrogens with zero attached hydrogens (tertiary/aromatic N) is 2. The minimum absolute atomic E-state index is 0.799. The molecule has 0 aliphatic rings. The van der Waals surface area contributed by atoms with E-state index in [4.69, 9.17) is 4.74 Å². The van der Waals surface area contributed by atoms with Gasteiger partial charge in [-0.1, -0.05) is 0 Å². The van der Waals surface area contributed by atoms with Crippen molar-refractivity contribution in [2.75, 3.05) is 20.3 Å². The second kappa shape index (κ2) is 6.56. The van der Waals surface area contributed by atoms with Crippen LogP contribution in [0.3, 0.4) is 0 Å². The fourth-order valence-corrected chi connectivity index (χ4v) is 1.36. The first-order valence-corrected chi connectivity index (χ1v) is 5.09. The van der Waals surface area contributed by atoms with E-state index in [1.165, 1.54) is 5.69 Å². The Morgan fingerprint density at radius 1 is 1.57 bits per heavy atom. The van der Waals surface area contributed by atoms with Crippen LogP contribution in [0.1, 0.15) is 19.0 Å². The van der Waals surface area contributed by atoms with E-state index in [9.17, 15) is 0 Å². The van der Waals surface area contributed by atoms with Crippen LogP contribution in [-0.4, -0.2) is 29.8 Å². The van der Waals surface area contributed by atoms with Crippen molar-refractivity contribution in [3.8, 4) is 0 Å². The Labute approximate surface area is 85.3 Å². The Morgan fingerprint density at radius 2 is 2.43 bits per heavy atom. The molecule has 0 aromatic carbocycles. The number of rotatable bonds is 7. The van der Waals surface area contributed by atoms with Gasteiger partial charge in [0.15, 0.2) is 0 Å². The summed E-state index contributed by atoms with van der Waals surface area (Å²) in [4.78, 5) is 4.12. The summed E-state index contributed by atoms with van der Waals surface area (Å²) in [6, 6.07) is 0. The second-order valence-corrected chi connectivity index (χ2v) is 3.16. The van der Waals surface area contributed by atoms with Crippen LogP contribution < -0.4 is 5.32 Å². The molecule has 4 heteroatoms. The summed E-state index contributed by atoms with van der Waals surface area (Å²) < 4.78 is 7.44. The van der Waals surface area contributed by atoms with Gasteiger partial charge >= 0.3 is 0 Å². The van der Waals surface area contributed by atoms with Gasteiger partial charge in [0.2, 0.25) is 0 Å². The Bertz CT molecular complexity index is 247. The Morgan fingerprint density at radius 3 is 3.14 bits per heavy atom. The molecule has 0 spiro atoms. The van der Waals surface area contributed by atoms with E-state index in [-0.39, 0.29) is 0 Å². The third-order valence-corrected chi connectivity index (χ3v) is 2.05. The fraction of sp³-hybridized carbons (Fsp3) is 0.700. The van der Waals surface area contributed by atoms with Crippen LogP contribution in [-0.2, 0) is 17.8 Å². The molecule has 0 atom stereocenters. The molecule has 0 amide bonds. The van der Waals surface area contributed by atoms with Gasteiger partial charge in [0.25, 0.3) is 0 Å². The highest BCUT2D eigenvalue weighted by molar-refractivity contribution is 4.97. The predicted molar refractivity (Wildman–Crippen MR) is 56.1 cm³/mol. The first-order chi connectivity index (χ1) is 6.88. The molecule has 0 bridgehead atoms. The van der Waals surface area contributed by atoms with Crippen LogP contribution in [0.4, 0.5) is 0 Å². The zero-order valence-corrected chi connectivity index (χ0v) is 8.99. The number of aromatic nitrogens is 2. The van der Waals surface area contributed by atoms with Crippen LogP contribution >= 0.6 is 0 Å². The van der Waals surface area contributed by atoms with Gasteiger partial charge in [-0.2, -0.15) is 0 Å². The molecule has 1 N–H and O–H groups in total. The lowest BCUT2D eigenvalue weighted by atomic mass is 10.4. The Balaban J connectivity index is 2.30. The maximum Gasteiger partial charge on any atom is 0.0948 e. The standard InChI is InChI=1S/C10H19N3O/c1-3-14-6-4-5-13-9-12-8-10(13)7-11-2/h8-9,11H,3-7H2,1-2H3. The average molecular weight is 197 g/mol. The smallest absolute Gasteiger partial charge is 0.0948 e. The van der Waals surface area contributed by atoms with Gasteiger partial charge in [0.05, 0.1) is 12.0 Å². The van der Waals surface area contributed by atoms with E-state index in [2.05, 4.69) is 14.9 Å². The van der Waals surface area contributed by atoms with Crippen LogP contribution in [0.25, 0.3) is 0 Å². The van der Waals surface area contributed by atoms with Crippen molar-refractivity contribution in [3.63, 3.8) is 0 Å². The molecule has 0 aliphatic heterocycles. The number of imidazole rings is 1. The molecular weight excluding hydrogens is 178 g/mol. The molecule has 1 aromatic rings. The monoisotopic (exact) mass is 197 g/mol. The van der Waals surface area contributed by atoms with Crippen molar-refractivity contribution >= 4 is 0 Å². The van der Waals surface area contributed by atoms with Crippen molar-refractivity contribution in [1.29, 1.82) is 0 Å². The summed E-state index contributed by atoms with van der Waals surface area (Å²) in [6.45, 7) is 5.50. The number of aryl methyl sites for hydroxylation is 1. The molecule has 1 heterocycles. The molecule has 0 saturated carbocycles. The lowest BCUT2D eigenvalue weighted by Crippen LogP contribution is -2.11. The summed E-state index contributed by atoms with van der Waals surface area (Å²) >= 11 is 0. The summed E-state index contributed by atoms with van der Waals surface area (Å²) in [5.74, 6) is 0. The molecule has 0 saturated heterocycles. The molecule has 0 radical (unpaired) electrons. The summed E-state index contributed by atoms with van der Waals surface area (Å²) in [5.41, 5.74) is 1.23. The summed E-state index contributed by atoms with van der Waals surface area (Å²) in [5, 5.41) is 3.12. The fourth-order valence-electron chi connectivity index (χ4n) is 1.36. The maximum atomic E-state index is 5.28. The van der Waals surface area contributed by atoms with Crippen molar-refractivity contribution in [1.82, 2.24) is 14.9 Å². The highest BCUT2D eigenvalue weighted by atomic mass is 16.5. The molecule has 0 fully saturated rings. The third-order valence-electron chi connectivity index (χ3n) is 2.05. The highest BCUT2D eigenvalue weighted by Gasteiger charge is 1.99. The number of hydrogen-bond acceptors (Lipinski definition) is 3. The molecule has 1 aromatic heterocycles. The van der Waals surface area contributed by atoms with Crippen molar-refractivity contribution in [3.05, 3.63) is 18.2 Å². The van der Waals surface area contributed by atoms with E-state index in [0.717, 1.165) is 32.7 Å². The summed E-state index contributed by atoms with van der Waals surface area (Å²) in [7, 11) is 1.94. The molecule has 1 rings (SSSR count). The maximum absolute atomic E-state index is 5.28. The SMILES string of the molecule is CCOCCCn1cncc1CNC. The largest absolute Gasteiger partial charge is 0.382 e. The van der Waals surface area contributed by atoms with Crippen molar-refractivity contribution < 1.29 is 4.74 Å². The number of hydrogen-bond donors (Lipinski definition) is 1. The van der Waals surface area contributed by atoms with Gasteiger partial charge in [-0.3, -0.25) is 0 Å². The van der Waals surface area contributed by atoms with E-state index in [0.29, 0.717) is 0 Å². The Hall–Kier alpha value is -0.870. The minimum atomic E-state index is 0.799. The highest BCUT2D eigenvalue weighted by Crippen LogP contribution is 2.00. The molecule has 4 nitrogen and oxygen atoms in total. The van der Waals surface area contributed by atoms with Crippen LogP contribution in [0.5, 0.6) is 0 Å². The molecule has 0 aliphatic carbocycles. The molecule has 14 heavy (non-hydrogen) atoms. The summed E-state index contributed by atoms with van der Waals surface area (Å²) in [6.07, 6.45) is 4.82. The van der Waals surface area contributed by atoms with E-state index < -0.39 is 0 Å². The molecule has 0 unspecified atom stereocenters. The number of nitrogens with one attached hydrogen (secondary N) is 1. The van der Waals surface area contributed by atoms with Crippen LogP contribution in [0.2, 0.25) is 0 Å². The van der Waals surface area contributed by atoms with Gasteiger partial charge in [0, 0.05) is 32.5 Å². The quantitative estimate of drug-likeness (QED) is 0.664. The van der Waals surface area contributed by atoms with Crippen LogP contribution in [0.15, 0.2) is 12.5 Å². The van der Waals surface area contributed by atoms with Gasteiger partial charge in [-0.05, 0) is 20.4 Å². The van der Waals surface area contributed by atoms with Gasteiger partial charge in [0.1, 0.15) is 0 Å². The molecular formula is C10H19N3O. The van der Waals surface area contributed by atoms with Gasteiger partial charge < -0.3 is 14.6 Å². The minimum Gasteiger partial charge on any atom is -0.382 e. The topological polar surface area (TPSA) is 39.1 Å². The molecule has 80 valence electrons. The lowest BCUT2D eigenvalue weighted by Gasteiger charge is -2.07. The zero-order valence-electron chi connectivity index (χ0n) is 8.99. The Kier molecular flexibility index (Phi) is 5.25. The normalized spacial score (nSPS) is 10.7. The third kappa shape index (κ3) is 3.47.